The Hall–Kier alpha value is -2.14. The third-order valence-corrected chi connectivity index (χ3v) is 5.38. The zero-order valence-electron chi connectivity index (χ0n) is 13.3. The van der Waals surface area contributed by atoms with Gasteiger partial charge in [0.25, 0.3) is 0 Å². The summed E-state index contributed by atoms with van der Waals surface area (Å²) in [4.78, 5) is 16.5. The number of carbonyl (C=O) groups excluding carboxylic acids is 1. The van der Waals surface area contributed by atoms with E-state index < -0.39 is 0 Å². The summed E-state index contributed by atoms with van der Waals surface area (Å²) in [6.45, 7) is 0. The number of aromatic nitrogens is 3. The Morgan fingerprint density at radius 2 is 1.75 bits per heavy atom. The van der Waals surface area contributed by atoms with Crippen LogP contribution in [-0.2, 0) is 4.79 Å². The molecule has 2 bridgehead atoms. The number of halogens is 1. The van der Waals surface area contributed by atoms with Crippen LogP contribution in [0.5, 0.6) is 0 Å². The molecule has 4 rings (SSSR count). The van der Waals surface area contributed by atoms with E-state index in [0.29, 0.717) is 11.1 Å². The van der Waals surface area contributed by atoms with Crippen molar-refractivity contribution in [1.82, 2.24) is 19.9 Å². The number of hydrogen-bond donors (Lipinski definition) is 0. The molecule has 24 heavy (non-hydrogen) atoms. The molecule has 0 spiro atoms. The zero-order chi connectivity index (χ0) is 16.5. The van der Waals surface area contributed by atoms with Crippen molar-refractivity contribution in [3.05, 3.63) is 53.3 Å². The highest BCUT2D eigenvalue weighted by Crippen LogP contribution is 2.40. The Kier molecular flexibility index (Phi) is 4.10. The summed E-state index contributed by atoms with van der Waals surface area (Å²) in [5.74, 6) is 0.0781. The van der Waals surface area contributed by atoms with Crippen molar-refractivity contribution in [3.63, 3.8) is 0 Å². The van der Waals surface area contributed by atoms with Gasteiger partial charge in [-0.2, -0.15) is 15.0 Å². The highest BCUT2D eigenvalue weighted by atomic mass is 35.5. The molecule has 0 radical (unpaired) electrons. The second-order valence-corrected chi connectivity index (χ2v) is 6.87. The number of amides is 1. The minimum atomic E-state index is 0.0781. The van der Waals surface area contributed by atoms with E-state index in [9.17, 15) is 4.79 Å². The lowest BCUT2D eigenvalue weighted by atomic mass is 9.97. The van der Waals surface area contributed by atoms with Crippen LogP contribution >= 0.6 is 11.6 Å². The fourth-order valence-corrected chi connectivity index (χ4v) is 4.17. The largest absolute Gasteiger partial charge is 0.333 e. The van der Waals surface area contributed by atoms with Crippen molar-refractivity contribution in [1.29, 1.82) is 0 Å². The van der Waals surface area contributed by atoms with Crippen LogP contribution in [0.3, 0.4) is 0 Å². The van der Waals surface area contributed by atoms with Gasteiger partial charge in [-0.25, -0.2) is 0 Å². The highest BCUT2D eigenvalue weighted by Gasteiger charge is 2.43. The predicted molar refractivity (Wildman–Crippen MR) is 92.4 cm³/mol. The van der Waals surface area contributed by atoms with Gasteiger partial charge in [0.05, 0.1) is 18.4 Å². The first-order chi connectivity index (χ1) is 11.7. The van der Waals surface area contributed by atoms with E-state index in [4.69, 9.17) is 11.6 Å². The SMILES string of the molecule is O=C(/C=C/c1ccccc1Cl)N1C2CCC1CC(n1nccn1)C2. The van der Waals surface area contributed by atoms with E-state index >= 15 is 0 Å². The summed E-state index contributed by atoms with van der Waals surface area (Å²) in [5.41, 5.74) is 0.871. The van der Waals surface area contributed by atoms with Gasteiger partial charge >= 0.3 is 0 Å². The van der Waals surface area contributed by atoms with E-state index in [1.165, 1.54) is 0 Å². The lowest BCUT2D eigenvalue weighted by Gasteiger charge is -2.38. The monoisotopic (exact) mass is 342 g/mol. The number of fused-ring (bicyclic) bond motifs is 2. The van der Waals surface area contributed by atoms with Crippen LogP contribution in [0.4, 0.5) is 0 Å². The highest BCUT2D eigenvalue weighted by molar-refractivity contribution is 6.32. The van der Waals surface area contributed by atoms with Crippen molar-refractivity contribution >= 4 is 23.6 Å². The Bertz CT molecular complexity index is 744. The van der Waals surface area contributed by atoms with Crippen molar-refractivity contribution in [2.75, 3.05) is 0 Å². The first kappa shape index (κ1) is 15.4. The van der Waals surface area contributed by atoms with E-state index in [-0.39, 0.29) is 18.0 Å². The molecule has 0 N–H and O–H groups in total. The van der Waals surface area contributed by atoms with Crippen molar-refractivity contribution in [2.24, 2.45) is 0 Å². The number of hydrogen-bond acceptors (Lipinski definition) is 3. The normalized spacial score (nSPS) is 26.2. The lowest BCUT2D eigenvalue weighted by Crippen LogP contribution is -2.46. The fourth-order valence-electron chi connectivity index (χ4n) is 3.97. The summed E-state index contributed by atoms with van der Waals surface area (Å²) in [6, 6.07) is 8.41. The van der Waals surface area contributed by atoms with Crippen LogP contribution < -0.4 is 0 Å². The maximum atomic E-state index is 12.7. The van der Waals surface area contributed by atoms with Gasteiger partial charge in [-0.05, 0) is 43.4 Å². The Morgan fingerprint density at radius 1 is 1.08 bits per heavy atom. The molecule has 2 atom stereocenters. The topological polar surface area (TPSA) is 51.0 Å². The van der Waals surface area contributed by atoms with Crippen LogP contribution in [0.1, 0.15) is 37.3 Å². The fraction of sp³-hybridized carbons (Fsp3) is 0.389. The molecule has 6 heteroatoms. The molecule has 0 saturated carbocycles. The average Bonchev–Trinajstić information content (AvgIpc) is 3.21. The van der Waals surface area contributed by atoms with Gasteiger partial charge < -0.3 is 4.90 Å². The van der Waals surface area contributed by atoms with Gasteiger partial charge in [0, 0.05) is 23.2 Å². The molecule has 0 aliphatic carbocycles. The first-order valence-corrected chi connectivity index (χ1v) is 8.71. The zero-order valence-corrected chi connectivity index (χ0v) is 14.0. The average molecular weight is 343 g/mol. The molecule has 2 fully saturated rings. The number of benzene rings is 1. The molecule has 1 amide bonds. The van der Waals surface area contributed by atoms with Gasteiger partial charge in [0.2, 0.25) is 5.91 Å². The van der Waals surface area contributed by atoms with E-state index in [2.05, 4.69) is 10.2 Å². The van der Waals surface area contributed by atoms with Gasteiger partial charge in [-0.3, -0.25) is 4.79 Å². The van der Waals surface area contributed by atoms with Crippen LogP contribution in [-0.4, -0.2) is 37.9 Å². The molecule has 2 aromatic rings. The van der Waals surface area contributed by atoms with Crippen LogP contribution in [0, 0.1) is 0 Å². The van der Waals surface area contributed by atoms with E-state index in [0.717, 1.165) is 31.2 Å². The summed E-state index contributed by atoms with van der Waals surface area (Å²) >= 11 is 6.15. The van der Waals surface area contributed by atoms with Crippen molar-refractivity contribution in [2.45, 2.75) is 43.8 Å². The molecule has 124 valence electrons. The molecule has 2 aliphatic rings. The van der Waals surface area contributed by atoms with Crippen LogP contribution in [0.15, 0.2) is 42.7 Å². The molecular formula is C18H19ClN4O. The third kappa shape index (κ3) is 2.84. The number of carbonyl (C=O) groups is 1. The molecule has 1 aromatic carbocycles. The molecule has 1 aromatic heterocycles. The molecule has 2 saturated heterocycles. The van der Waals surface area contributed by atoms with Gasteiger partial charge in [-0.15, -0.1) is 0 Å². The minimum absolute atomic E-state index is 0.0781. The summed E-state index contributed by atoms with van der Waals surface area (Å²) in [6.07, 6.45) is 10.9. The van der Waals surface area contributed by atoms with Gasteiger partial charge in [0.15, 0.2) is 0 Å². The van der Waals surface area contributed by atoms with Crippen molar-refractivity contribution in [3.8, 4) is 0 Å². The number of rotatable bonds is 3. The van der Waals surface area contributed by atoms with Crippen LogP contribution in [0.2, 0.25) is 5.02 Å². The van der Waals surface area contributed by atoms with Crippen molar-refractivity contribution < 1.29 is 4.79 Å². The quantitative estimate of drug-likeness (QED) is 0.804. The lowest BCUT2D eigenvalue weighted by molar-refractivity contribution is -0.130. The smallest absolute Gasteiger partial charge is 0.247 e. The maximum Gasteiger partial charge on any atom is 0.247 e. The summed E-state index contributed by atoms with van der Waals surface area (Å²) in [7, 11) is 0. The molecule has 2 aliphatic heterocycles. The van der Waals surface area contributed by atoms with Gasteiger partial charge in [-0.1, -0.05) is 29.8 Å². The molecule has 2 unspecified atom stereocenters. The Labute approximate surface area is 145 Å². The van der Waals surface area contributed by atoms with E-state index in [1.807, 2.05) is 35.2 Å². The first-order valence-electron chi connectivity index (χ1n) is 8.33. The second-order valence-electron chi connectivity index (χ2n) is 6.46. The third-order valence-electron chi connectivity index (χ3n) is 5.04. The Morgan fingerprint density at radius 3 is 2.42 bits per heavy atom. The maximum absolute atomic E-state index is 12.7. The summed E-state index contributed by atoms with van der Waals surface area (Å²) in [5, 5.41) is 9.19. The minimum Gasteiger partial charge on any atom is -0.333 e. The Balaban J connectivity index is 1.47. The van der Waals surface area contributed by atoms with Crippen LogP contribution in [0.25, 0.3) is 6.08 Å². The van der Waals surface area contributed by atoms with Gasteiger partial charge in [0.1, 0.15) is 0 Å². The predicted octanol–water partition coefficient (Wildman–Crippen LogP) is 3.34. The second kappa shape index (κ2) is 6.40. The number of nitrogens with zero attached hydrogens (tertiary/aromatic N) is 4. The van der Waals surface area contributed by atoms with E-state index in [1.54, 1.807) is 23.3 Å². The molecular weight excluding hydrogens is 324 g/mol. The summed E-state index contributed by atoms with van der Waals surface area (Å²) < 4.78 is 0. The molecule has 3 heterocycles. The molecule has 5 nitrogen and oxygen atoms in total. The number of piperidine rings is 1. The standard InChI is InChI=1S/C18H19ClN4O/c19-17-4-2-1-3-13(17)5-8-18(24)22-14-6-7-15(22)12-16(11-14)23-20-9-10-21-23/h1-5,8-10,14-16H,6-7,11-12H2/b8-5+.